The number of imidazole rings is 1. The summed E-state index contributed by atoms with van der Waals surface area (Å²) in [5.74, 6) is 0.715. The van der Waals surface area contributed by atoms with Crippen LogP contribution >= 0.6 is 0 Å². The van der Waals surface area contributed by atoms with Gasteiger partial charge in [0.15, 0.2) is 0 Å². The maximum Gasteiger partial charge on any atom is 0.224 e. The molecule has 2 aromatic heterocycles. The molecule has 0 aliphatic rings. The number of aryl methyl sites for hydroxylation is 1. The Kier molecular flexibility index (Phi) is 3.82. The van der Waals surface area contributed by atoms with Crippen LogP contribution in [0.1, 0.15) is 5.56 Å². The Balaban J connectivity index is 1.64. The molecular formula is C20H19N5. The molecule has 5 nitrogen and oxygen atoms in total. The monoisotopic (exact) mass is 329 g/mol. The topological polar surface area (TPSA) is 47.1 Å². The van der Waals surface area contributed by atoms with Crippen LogP contribution in [0.3, 0.4) is 0 Å². The highest BCUT2D eigenvalue weighted by atomic mass is 15.4. The Bertz CT molecular complexity index is 1080. The van der Waals surface area contributed by atoms with Crippen LogP contribution < -0.4 is 5.43 Å². The molecule has 2 heterocycles. The van der Waals surface area contributed by atoms with Crippen LogP contribution in [-0.4, -0.2) is 20.3 Å². The minimum absolute atomic E-state index is 0.715. The number of benzene rings is 2. The third-order valence-electron chi connectivity index (χ3n) is 4.30. The molecule has 0 aliphatic carbocycles. The second-order valence-electron chi connectivity index (χ2n) is 5.90. The summed E-state index contributed by atoms with van der Waals surface area (Å²) >= 11 is 0. The smallest absolute Gasteiger partial charge is 0.224 e. The van der Waals surface area contributed by atoms with Crippen molar-refractivity contribution >= 4 is 34.1 Å². The van der Waals surface area contributed by atoms with E-state index < -0.39 is 0 Å². The summed E-state index contributed by atoms with van der Waals surface area (Å²) in [5, 5.41) is 5.56. The van der Waals surface area contributed by atoms with Crippen LogP contribution in [0.5, 0.6) is 0 Å². The van der Waals surface area contributed by atoms with E-state index >= 15 is 0 Å². The quantitative estimate of drug-likeness (QED) is 0.339. The van der Waals surface area contributed by atoms with E-state index in [4.69, 9.17) is 0 Å². The molecule has 0 saturated heterocycles. The molecule has 2 aromatic carbocycles. The van der Waals surface area contributed by atoms with Crippen LogP contribution in [0.25, 0.3) is 21.9 Å². The maximum absolute atomic E-state index is 4.56. The van der Waals surface area contributed by atoms with Crippen molar-refractivity contribution in [3.8, 4) is 0 Å². The van der Waals surface area contributed by atoms with Crippen molar-refractivity contribution in [2.24, 2.45) is 12.1 Å². The molecule has 0 bridgehead atoms. The van der Waals surface area contributed by atoms with Gasteiger partial charge in [-0.2, -0.15) is 5.10 Å². The first-order valence-corrected chi connectivity index (χ1v) is 8.17. The van der Waals surface area contributed by atoms with Crippen molar-refractivity contribution in [2.75, 3.05) is 5.43 Å². The third-order valence-corrected chi connectivity index (χ3v) is 4.30. The van der Waals surface area contributed by atoms with E-state index in [2.05, 4.69) is 45.0 Å². The number of aromatic nitrogens is 3. The Hall–Kier alpha value is -3.34. The van der Waals surface area contributed by atoms with Gasteiger partial charge in [0, 0.05) is 36.3 Å². The molecule has 0 saturated carbocycles. The minimum Gasteiger partial charge on any atom is -0.343 e. The second-order valence-corrected chi connectivity index (χ2v) is 5.90. The van der Waals surface area contributed by atoms with Gasteiger partial charge >= 0.3 is 0 Å². The number of nitrogens with one attached hydrogen (secondary N) is 1. The Morgan fingerprint density at radius 1 is 1.12 bits per heavy atom. The molecule has 0 spiro atoms. The molecule has 124 valence electrons. The van der Waals surface area contributed by atoms with E-state index in [9.17, 15) is 0 Å². The molecular weight excluding hydrogens is 310 g/mol. The van der Waals surface area contributed by atoms with Gasteiger partial charge in [-0.1, -0.05) is 36.4 Å². The molecule has 0 aliphatic heterocycles. The zero-order valence-corrected chi connectivity index (χ0v) is 14.1. The van der Waals surface area contributed by atoms with Crippen LogP contribution in [0.2, 0.25) is 0 Å². The second kappa shape index (κ2) is 6.28. The average Bonchev–Trinajstić information content (AvgIpc) is 3.15. The van der Waals surface area contributed by atoms with Crippen LogP contribution in [-0.2, 0) is 13.6 Å². The largest absolute Gasteiger partial charge is 0.343 e. The molecule has 0 amide bonds. The fourth-order valence-corrected chi connectivity index (χ4v) is 3.07. The SMILES string of the molecule is C=CCn1cc(/C=N\Nc2nc3ccccc3n2C)c2ccccc21. The van der Waals surface area contributed by atoms with Gasteiger partial charge in [0.05, 0.1) is 17.2 Å². The molecule has 1 N–H and O–H groups in total. The van der Waals surface area contributed by atoms with E-state index in [0.717, 1.165) is 23.1 Å². The van der Waals surface area contributed by atoms with Crippen molar-refractivity contribution < 1.29 is 0 Å². The van der Waals surface area contributed by atoms with Gasteiger partial charge in [0.1, 0.15) is 0 Å². The lowest BCUT2D eigenvalue weighted by Crippen LogP contribution is -1.98. The Morgan fingerprint density at radius 3 is 2.68 bits per heavy atom. The summed E-state index contributed by atoms with van der Waals surface area (Å²) < 4.78 is 4.16. The zero-order valence-electron chi connectivity index (χ0n) is 14.1. The standard InChI is InChI=1S/C20H19N5/c1-3-12-25-14-15(16-8-4-6-10-18(16)25)13-21-23-20-22-17-9-5-7-11-19(17)24(20)2/h3-11,13-14H,1,12H2,2H3,(H,22,23)/b21-13-. The summed E-state index contributed by atoms with van der Waals surface area (Å²) in [5.41, 5.74) is 7.30. The number of rotatable bonds is 5. The zero-order chi connectivity index (χ0) is 17.2. The molecule has 4 rings (SSSR count). The normalized spacial score (nSPS) is 11.6. The van der Waals surface area contributed by atoms with E-state index in [1.54, 1.807) is 0 Å². The highest BCUT2D eigenvalue weighted by Gasteiger charge is 2.07. The predicted molar refractivity (Wildman–Crippen MR) is 104 cm³/mol. The summed E-state index contributed by atoms with van der Waals surface area (Å²) in [4.78, 5) is 4.56. The molecule has 5 heteroatoms. The third kappa shape index (κ3) is 2.70. The van der Waals surface area contributed by atoms with Gasteiger partial charge in [0.2, 0.25) is 5.95 Å². The summed E-state index contributed by atoms with van der Waals surface area (Å²) in [6.45, 7) is 4.60. The van der Waals surface area contributed by atoms with E-state index in [1.807, 2.05) is 60.3 Å². The Labute approximate surface area is 145 Å². The minimum atomic E-state index is 0.715. The average molecular weight is 329 g/mol. The van der Waals surface area contributed by atoms with Crippen LogP contribution in [0.15, 0.2) is 72.5 Å². The number of nitrogens with zero attached hydrogens (tertiary/aromatic N) is 4. The number of fused-ring (bicyclic) bond motifs is 2. The highest BCUT2D eigenvalue weighted by molar-refractivity contribution is 5.99. The van der Waals surface area contributed by atoms with Gasteiger partial charge in [-0.3, -0.25) is 0 Å². The summed E-state index contributed by atoms with van der Waals surface area (Å²) in [7, 11) is 1.98. The maximum atomic E-state index is 4.56. The van der Waals surface area contributed by atoms with Crippen molar-refractivity contribution in [3.63, 3.8) is 0 Å². The van der Waals surface area contributed by atoms with E-state index in [1.165, 1.54) is 10.9 Å². The first kappa shape index (κ1) is 15.2. The molecule has 0 atom stereocenters. The lowest BCUT2D eigenvalue weighted by molar-refractivity contribution is 0.865. The predicted octanol–water partition coefficient (Wildman–Crippen LogP) is 4.16. The van der Waals surface area contributed by atoms with Crippen molar-refractivity contribution in [3.05, 3.63) is 72.9 Å². The number of hydrazone groups is 1. The van der Waals surface area contributed by atoms with Crippen molar-refractivity contribution in [2.45, 2.75) is 6.54 Å². The number of hydrogen-bond acceptors (Lipinski definition) is 3. The first-order valence-electron chi connectivity index (χ1n) is 8.17. The molecule has 4 aromatic rings. The Morgan fingerprint density at radius 2 is 1.88 bits per heavy atom. The van der Waals surface area contributed by atoms with Gasteiger partial charge in [-0.25, -0.2) is 10.4 Å². The van der Waals surface area contributed by atoms with E-state index in [0.29, 0.717) is 5.95 Å². The fourth-order valence-electron chi connectivity index (χ4n) is 3.07. The van der Waals surface area contributed by atoms with Gasteiger partial charge in [-0.15, -0.1) is 6.58 Å². The number of allylic oxidation sites excluding steroid dienone is 1. The molecule has 0 unspecified atom stereocenters. The van der Waals surface area contributed by atoms with E-state index in [-0.39, 0.29) is 0 Å². The lowest BCUT2D eigenvalue weighted by Gasteiger charge is -2.00. The number of anilines is 1. The lowest BCUT2D eigenvalue weighted by atomic mass is 10.2. The van der Waals surface area contributed by atoms with Crippen molar-refractivity contribution in [1.82, 2.24) is 14.1 Å². The van der Waals surface area contributed by atoms with Gasteiger partial charge in [0.25, 0.3) is 0 Å². The summed E-state index contributed by atoms with van der Waals surface area (Å²) in [6.07, 6.45) is 5.82. The van der Waals surface area contributed by atoms with Gasteiger partial charge in [-0.05, 0) is 18.2 Å². The summed E-state index contributed by atoms with van der Waals surface area (Å²) in [6, 6.07) is 16.3. The van der Waals surface area contributed by atoms with Gasteiger partial charge < -0.3 is 9.13 Å². The fraction of sp³-hybridized carbons (Fsp3) is 0.100. The highest BCUT2D eigenvalue weighted by Crippen LogP contribution is 2.21. The van der Waals surface area contributed by atoms with Crippen LogP contribution in [0, 0.1) is 0 Å². The number of hydrogen-bond donors (Lipinski definition) is 1. The molecule has 0 radical (unpaired) electrons. The molecule has 25 heavy (non-hydrogen) atoms. The first-order chi connectivity index (χ1) is 12.3. The molecule has 0 fully saturated rings. The van der Waals surface area contributed by atoms with Crippen LogP contribution in [0.4, 0.5) is 5.95 Å². The van der Waals surface area contributed by atoms with Crippen molar-refractivity contribution in [1.29, 1.82) is 0 Å². The number of para-hydroxylation sites is 3.